The van der Waals surface area contributed by atoms with Gasteiger partial charge in [0.05, 0.1) is 11.5 Å². The SMILES string of the molecule is Cn1cnnc1CNS(=O)(=O)c1cc([N+](=O)[O-])c(NN)s1. The van der Waals surface area contributed by atoms with Crippen LogP contribution in [-0.4, -0.2) is 28.1 Å². The largest absolute Gasteiger partial charge is 0.320 e. The Bertz CT molecular complexity index is 765. The van der Waals surface area contributed by atoms with E-state index in [1.54, 1.807) is 11.6 Å². The van der Waals surface area contributed by atoms with Crippen LogP contribution in [0.2, 0.25) is 0 Å². The van der Waals surface area contributed by atoms with Gasteiger partial charge in [0.1, 0.15) is 16.4 Å². The van der Waals surface area contributed by atoms with Crippen LogP contribution < -0.4 is 16.0 Å². The Labute approximate surface area is 123 Å². The summed E-state index contributed by atoms with van der Waals surface area (Å²) in [6.07, 6.45) is 1.43. The topological polar surface area (TPSA) is 158 Å². The van der Waals surface area contributed by atoms with Crippen molar-refractivity contribution in [3.8, 4) is 0 Å². The molecule has 11 nitrogen and oxygen atoms in total. The first kappa shape index (κ1) is 15.3. The number of nitrogens with one attached hydrogen (secondary N) is 2. The van der Waals surface area contributed by atoms with E-state index in [0.29, 0.717) is 17.2 Å². The van der Waals surface area contributed by atoms with E-state index < -0.39 is 20.6 Å². The summed E-state index contributed by atoms with van der Waals surface area (Å²) in [5, 5.41) is 18.1. The molecule has 2 aromatic rings. The van der Waals surface area contributed by atoms with E-state index in [1.807, 2.05) is 0 Å². The molecule has 2 heterocycles. The number of nitrogens with zero attached hydrogens (tertiary/aromatic N) is 4. The zero-order valence-corrected chi connectivity index (χ0v) is 12.3. The maximum absolute atomic E-state index is 12.1. The van der Waals surface area contributed by atoms with Gasteiger partial charge in [-0.15, -0.1) is 10.2 Å². The summed E-state index contributed by atoms with van der Waals surface area (Å²) >= 11 is 0.665. The molecule has 114 valence electrons. The first-order chi connectivity index (χ1) is 9.85. The lowest BCUT2D eigenvalue weighted by atomic mass is 10.5. The molecule has 0 saturated carbocycles. The number of hydrazine groups is 1. The van der Waals surface area contributed by atoms with Crippen molar-refractivity contribution >= 4 is 32.0 Å². The molecule has 4 N–H and O–H groups in total. The van der Waals surface area contributed by atoms with Crippen molar-refractivity contribution in [2.75, 3.05) is 5.43 Å². The fourth-order valence-electron chi connectivity index (χ4n) is 1.43. The quantitative estimate of drug-likeness (QED) is 0.364. The number of aromatic nitrogens is 3. The van der Waals surface area contributed by atoms with E-state index in [9.17, 15) is 18.5 Å². The van der Waals surface area contributed by atoms with Crippen LogP contribution >= 0.6 is 11.3 Å². The van der Waals surface area contributed by atoms with E-state index in [2.05, 4.69) is 20.3 Å². The van der Waals surface area contributed by atoms with Crippen LogP contribution in [0.3, 0.4) is 0 Å². The Morgan fingerprint density at radius 3 is 2.76 bits per heavy atom. The monoisotopic (exact) mass is 333 g/mol. The highest BCUT2D eigenvalue weighted by Crippen LogP contribution is 2.36. The Kier molecular flexibility index (Phi) is 4.17. The van der Waals surface area contributed by atoms with Gasteiger partial charge < -0.3 is 9.99 Å². The van der Waals surface area contributed by atoms with Gasteiger partial charge in [-0.2, -0.15) is 0 Å². The first-order valence-corrected chi connectivity index (χ1v) is 7.72. The van der Waals surface area contributed by atoms with Gasteiger partial charge in [0.15, 0.2) is 5.00 Å². The van der Waals surface area contributed by atoms with Crippen molar-refractivity contribution in [2.45, 2.75) is 10.8 Å². The molecule has 2 rings (SSSR count). The minimum absolute atomic E-state index is 0.0426. The molecule has 0 aliphatic carbocycles. The lowest BCUT2D eigenvalue weighted by Gasteiger charge is -2.03. The standard InChI is InChI=1S/C8H11N7O4S2/c1-14-4-10-13-6(14)3-11-21(18,19)7-2-5(15(16)17)8(12-9)20-7/h2,4,11-12H,3,9H2,1H3. The Balaban J connectivity index is 2.23. The van der Waals surface area contributed by atoms with Gasteiger partial charge in [-0.3, -0.25) is 10.1 Å². The smallest absolute Gasteiger partial charge is 0.306 e. The summed E-state index contributed by atoms with van der Waals surface area (Å²) < 4.78 is 27.8. The second kappa shape index (κ2) is 5.72. The minimum atomic E-state index is -3.91. The van der Waals surface area contributed by atoms with Crippen LogP contribution in [0, 0.1) is 10.1 Å². The van der Waals surface area contributed by atoms with Crippen LogP contribution in [0.4, 0.5) is 10.7 Å². The highest BCUT2D eigenvalue weighted by Gasteiger charge is 2.26. The fraction of sp³-hybridized carbons (Fsp3) is 0.250. The third-order valence-electron chi connectivity index (χ3n) is 2.51. The van der Waals surface area contributed by atoms with Gasteiger partial charge in [0.25, 0.3) is 10.0 Å². The Hall–Kier alpha value is -2.09. The van der Waals surface area contributed by atoms with Crippen LogP contribution in [0.1, 0.15) is 5.82 Å². The number of nitrogen functional groups attached to an aromatic ring is 1. The number of sulfonamides is 1. The second-order valence-electron chi connectivity index (χ2n) is 3.86. The third-order valence-corrected chi connectivity index (χ3v) is 5.44. The molecule has 13 heteroatoms. The number of anilines is 1. The lowest BCUT2D eigenvalue weighted by Crippen LogP contribution is -2.24. The molecule has 0 saturated heterocycles. The summed E-state index contributed by atoms with van der Waals surface area (Å²) in [6.45, 7) is -0.0874. The molecule has 0 spiro atoms. The molecule has 0 radical (unpaired) electrons. The van der Waals surface area contributed by atoms with Crippen molar-refractivity contribution in [1.29, 1.82) is 0 Å². The molecule has 0 bridgehead atoms. The summed E-state index contributed by atoms with van der Waals surface area (Å²) in [6, 6.07) is 0.943. The van der Waals surface area contributed by atoms with Crippen LogP contribution in [0.25, 0.3) is 0 Å². The van der Waals surface area contributed by atoms with Crippen LogP contribution in [0.5, 0.6) is 0 Å². The normalized spacial score (nSPS) is 11.5. The highest BCUT2D eigenvalue weighted by molar-refractivity contribution is 7.91. The lowest BCUT2D eigenvalue weighted by molar-refractivity contribution is -0.383. The Morgan fingerprint density at radius 2 is 2.29 bits per heavy atom. The molecule has 0 amide bonds. The Morgan fingerprint density at radius 1 is 1.57 bits per heavy atom. The van der Waals surface area contributed by atoms with E-state index in [4.69, 9.17) is 5.84 Å². The van der Waals surface area contributed by atoms with Crippen molar-refractivity contribution in [3.05, 3.63) is 28.3 Å². The number of thiophene rings is 1. The number of aryl methyl sites for hydroxylation is 1. The van der Waals surface area contributed by atoms with Crippen molar-refractivity contribution in [3.63, 3.8) is 0 Å². The van der Waals surface area contributed by atoms with Crippen LogP contribution in [0.15, 0.2) is 16.6 Å². The van der Waals surface area contributed by atoms with Gasteiger partial charge in [0, 0.05) is 13.1 Å². The molecule has 0 atom stereocenters. The third kappa shape index (κ3) is 3.15. The van der Waals surface area contributed by atoms with Crippen molar-refractivity contribution in [2.24, 2.45) is 12.9 Å². The second-order valence-corrected chi connectivity index (χ2v) is 6.91. The predicted octanol–water partition coefficient (Wildman–Crippen LogP) is -0.451. The molecule has 0 aliphatic rings. The first-order valence-electron chi connectivity index (χ1n) is 5.42. The molecule has 0 aromatic carbocycles. The van der Waals surface area contributed by atoms with Crippen molar-refractivity contribution in [1.82, 2.24) is 19.5 Å². The zero-order valence-electron chi connectivity index (χ0n) is 10.7. The molecule has 0 fully saturated rings. The number of nitrogens with two attached hydrogens (primary N) is 1. The predicted molar refractivity (Wildman–Crippen MR) is 73.8 cm³/mol. The number of rotatable bonds is 6. The summed E-state index contributed by atoms with van der Waals surface area (Å²) in [4.78, 5) is 10.1. The molecular weight excluding hydrogens is 322 g/mol. The molecule has 0 aliphatic heterocycles. The number of hydrogen-bond acceptors (Lipinski definition) is 9. The van der Waals surface area contributed by atoms with E-state index in [0.717, 1.165) is 6.07 Å². The molecule has 0 unspecified atom stereocenters. The van der Waals surface area contributed by atoms with Gasteiger partial charge in [-0.1, -0.05) is 11.3 Å². The van der Waals surface area contributed by atoms with Crippen LogP contribution in [-0.2, 0) is 23.6 Å². The molecule has 21 heavy (non-hydrogen) atoms. The number of nitro groups is 1. The molecular formula is C8H11N7O4S2. The number of hydrogen-bond donors (Lipinski definition) is 3. The fourth-order valence-corrected chi connectivity index (χ4v) is 3.69. The molecule has 2 aromatic heterocycles. The van der Waals surface area contributed by atoms with E-state index in [-0.39, 0.29) is 15.8 Å². The van der Waals surface area contributed by atoms with E-state index in [1.165, 1.54) is 6.33 Å². The van der Waals surface area contributed by atoms with Gasteiger partial charge >= 0.3 is 5.69 Å². The van der Waals surface area contributed by atoms with Gasteiger partial charge in [-0.25, -0.2) is 19.0 Å². The summed E-state index contributed by atoms with van der Waals surface area (Å²) in [5.41, 5.74) is 1.70. The summed E-state index contributed by atoms with van der Waals surface area (Å²) in [5.74, 6) is 5.54. The van der Waals surface area contributed by atoms with Gasteiger partial charge in [0.2, 0.25) is 0 Å². The van der Waals surface area contributed by atoms with Crippen molar-refractivity contribution < 1.29 is 13.3 Å². The highest BCUT2D eigenvalue weighted by atomic mass is 32.2. The minimum Gasteiger partial charge on any atom is -0.320 e. The maximum atomic E-state index is 12.1. The maximum Gasteiger partial charge on any atom is 0.306 e. The zero-order chi connectivity index (χ0) is 15.6. The van der Waals surface area contributed by atoms with Gasteiger partial charge in [-0.05, 0) is 0 Å². The van der Waals surface area contributed by atoms with E-state index >= 15 is 0 Å². The summed E-state index contributed by atoms with van der Waals surface area (Å²) in [7, 11) is -2.25. The average molecular weight is 333 g/mol. The average Bonchev–Trinajstić information content (AvgIpc) is 3.02.